The number of halogens is 2. The van der Waals surface area contributed by atoms with Gasteiger partial charge in [-0.15, -0.1) is 21.5 Å². The summed E-state index contributed by atoms with van der Waals surface area (Å²) in [6.07, 6.45) is 6.37. The van der Waals surface area contributed by atoms with E-state index in [1.807, 2.05) is 35.2 Å². The number of amides is 1. The lowest BCUT2D eigenvalue weighted by Crippen LogP contribution is -2.22. The van der Waals surface area contributed by atoms with Crippen LogP contribution in [0.4, 0.5) is 10.2 Å². The van der Waals surface area contributed by atoms with Crippen molar-refractivity contribution in [1.29, 1.82) is 0 Å². The molecule has 9 nitrogen and oxygen atoms in total. The Morgan fingerprint density at radius 1 is 1.10 bits per heavy atom. The van der Waals surface area contributed by atoms with E-state index in [1.165, 1.54) is 13.2 Å². The molecule has 1 N–H and O–H groups in total. The second-order valence-electron chi connectivity index (χ2n) is 13.1. The van der Waals surface area contributed by atoms with E-state index in [9.17, 15) is 9.18 Å². The number of anilines is 1. The maximum atomic E-state index is 14.5. The first-order valence-corrected chi connectivity index (χ1v) is 18.0. The average Bonchev–Trinajstić information content (AvgIpc) is 3.95. The highest BCUT2D eigenvalue weighted by Crippen LogP contribution is 2.51. The predicted octanol–water partition coefficient (Wildman–Crippen LogP) is 8.69. The lowest BCUT2D eigenvalue weighted by Gasteiger charge is -2.16. The van der Waals surface area contributed by atoms with Crippen LogP contribution in [-0.4, -0.2) is 44.6 Å². The summed E-state index contributed by atoms with van der Waals surface area (Å²) in [6.45, 7) is 2.46. The molecular weight excluding hydrogens is 675 g/mol. The third-order valence-corrected chi connectivity index (χ3v) is 11.5. The minimum atomic E-state index is -0.353. The molecule has 12 heteroatoms. The number of fused-ring (bicyclic) bond motifs is 5. The van der Waals surface area contributed by atoms with Crippen LogP contribution in [0.25, 0.3) is 32.0 Å². The van der Waals surface area contributed by atoms with Gasteiger partial charge in [-0.25, -0.2) is 9.37 Å². The largest absolute Gasteiger partial charge is 0.493 e. The van der Waals surface area contributed by atoms with Gasteiger partial charge in [0.25, 0.3) is 5.91 Å². The van der Waals surface area contributed by atoms with Crippen LogP contribution < -0.4 is 10.1 Å². The molecule has 4 aromatic heterocycles. The molecule has 9 rings (SSSR count). The normalized spacial score (nSPS) is 17.8. The lowest BCUT2D eigenvalue weighted by molar-refractivity contribution is 0.0776. The molecule has 1 fully saturated rings. The van der Waals surface area contributed by atoms with E-state index in [4.69, 9.17) is 30.7 Å². The molecule has 252 valence electrons. The third kappa shape index (κ3) is 5.05. The zero-order chi connectivity index (χ0) is 34.1. The van der Waals surface area contributed by atoms with Gasteiger partial charge < -0.3 is 19.4 Å². The molecule has 1 aliphatic carbocycles. The fourth-order valence-electron chi connectivity index (χ4n) is 7.93. The van der Waals surface area contributed by atoms with Gasteiger partial charge in [-0.2, -0.15) is 0 Å². The monoisotopic (exact) mass is 706 g/mol. The molecule has 3 aliphatic rings. The van der Waals surface area contributed by atoms with Gasteiger partial charge in [0.05, 0.1) is 46.4 Å². The molecule has 50 heavy (non-hydrogen) atoms. The van der Waals surface area contributed by atoms with Crippen molar-refractivity contribution in [3.05, 3.63) is 105 Å². The van der Waals surface area contributed by atoms with Crippen LogP contribution in [0.5, 0.6) is 5.75 Å². The maximum Gasteiger partial charge on any atom is 0.257 e. The molecule has 0 radical (unpaired) electrons. The molecule has 6 heterocycles. The summed E-state index contributed by atoms with van der Waals surface area (Å²) in [7, 11) is 1.51. The quantitative estimate of drug-likeness (QED) is 0.168. The molecule has 6 aromatic rings. The topological polar surface area (TPSA) is 106 Å². The maximum absolute atomic E-state index is 14.5. The van der Waals surface area contributed by atoms with E-state index in [0.717, 1.165) is 73.7 Å². The second-order valence-corrected chi connectivity index (χ2v) is 14.5. The SMILES string of the molecule is COc1c(F)ccc2c1CC[C@H]2Nc1nccc2cc(-c3c4c(nc(CCc5cccc(Cl)c5)c3-c3nnc(C)o3)[C@H]3CCCN3C4=O)sc12. The van der Waals surface area contributed by atoms with E-state index in [0.29, 0.717) is 59.5 Å². The van der Waals surface area contributed by atoms with E-state index in [1.54, 1.807) is 24.5 Å². The fourth-order valence-corrected chi connectivity index (χ4v) is 9.31. The first-order valence-electron chi connectivity index (χ1n) is 16.8. The van der Waals surface area contributed by atoms with E-state index in [-0.39, 0.29) is 23.8 Å². The summed E-state index contributed by atoms with van der Waals surface area (Å²) >= 11 is 7.92. The van der Waals surface area contributed by atoms with Crippen LogP contribution in [0, 0.1) is 12.7 Å². The number of aromatic nitrogens is 4. The third-order valence-electron chi connectivity index (χ3n) is 10.1. The molecule has 0 bridgehead atoms. The molecule has 2 aromatic carbocycles. The number of pyridine rings is 2. The second kappa shape index (κ2) is 12.2. The Bertz CT molecular complexity index is 2340. The molecular formula is C38H32ClFN6O3S. The van der Waals surface area contributed by atoms with Crippen molar-refractivity contribution in [2.75, 3.05) is 19.0 Å². The average molecular weight is 707 g/mol. The lowest BCUT2D eigenvalue weighted by atomic mass is 9.93. The number of benzene rings is 2. The molecule has 0 unspecified atom stereocenters. The van der Waals surface area contributed by atoms with Gasteiger partial charge in [-0.1, -0.05) is 29.8 Å². The summed E-state index contributed by atoms with van der Waals surface area (Å²) in [5.41, 5.74) is 6.69. The number of thiophene rings is 1. The van der Waals surface area contributed by atoms with Crippen molar-refractivity contribution in [2.45, 2.75) is 57.5 Å². The minimum Gasteiger partial charge on any atom is -0.493 e. The fraction of sp³-hybridized carbons (Fsp3) is 0.289. The molecule has 2 aliphatic heterocycles. The molecule has 1 amide bonds. The van der Waals surface area contributed by atoms with Crippen LogP contribution in [0.15, 0.2) is 59.1 Å². The summed E-state index contributed by atoms with van der Waals surface area (Å²) in [4.78, 5) is 27.1. The standard InChI is InChI=1S/C38H32ClFN6O3S/c1-19-44-45-37(49-19)30-27(12-8-20-5-3-6-22(39)17-20)42-33-28-7-4-16-46(28)38(47)32(33)31(30)29-18-21-14-15-41-36(35(21)50-29)43-26-13-10-24-23(26)9-11-25(40)34(24)48-2/h3,5-6,9,11,14-15,17-18,26,28H,4,7-8,10,12-13,16H2,1-2H3,(H,41,43)/t26-,28-/m1/s1. The van der Waals surface area contributed by atoms with Crippen molar-refractivity contribution in [3.8, 4) is 27.6 Å². The van der Waals surface area contributed by atoms with Crippen LogP contribution in [0.1, 0.15) is 75.7 Å². The Morgan fingerprint density at radius 3 is 2.82 bits per heavy atom. The van der Waals surface area contributed by atoms with Crippen molar-refractivity contribution in [1.82, 2.24) is 25.1 Å². The molecule has 0 saturated carbocycles. The summed E-state index contributed by atoms with van der Waals surface area (Å²) < 4.78 is 27.0. The van der Waals surface area contributed by atoms with Gasteiger partial charge >= 0.3 is 0 Å². The van der Waals surface area contributed by atoms with Gasteiger partial charge in [-0.05, 0) is 85.4 Å². The number of rotatable bonds is 8. The van der Waals surface area contributed by atoms with Gasteiger partial charge in [0.1, 0.15) is 5.82 Å². The van der Waals surface area contributed by atoms with Gasteiger partial charge in [0.15, 0.2) is 11.6 Å². The summed E-state index contributed by atoms with van der Waals surface area (Å²) in [5.74, 6) is 1.44. The number of aryl methyl sites for hydroxylation is 3. The smallest absolute Gasteiger partial charge is 0.257 e. The first-order chi connectivity index (χ1) is 24.4. The Labute approximate surface area is 296 Å². The zero-order valence-corrected chi connectivity index (χ0v) is 29.0. The zero-order valence-electron chi connectivity index (χ0n) is 27.4. The van der Waals surface area contributed by atoms with E-state index >= 15 is 0 Å². The minimum absolute atomic E-state index is 0.0125. The predicted molar refractivity (Wildman–Crippen MR) is 190 cm³/mol. The summed E-state index contributed by atoms with van der Waals surface area (Å²) in [6, 6.07) is 15.1. The van der Waals surface area contributed by atoms with Crippen molar-refractivity contribution >= 4 is 44.7 Å². The van der Waals surface area contributed by atoms with Crippen LogP contribution in [0.2, 0.25) is 5.02 Å². The number of nitrogens with one attached hydrogen (secondary N) is 1. The number of hydrogen-bond acceptors (Lipinski definition) is 9. The Morgan fingerprint density at radius 2 is 2.00 bits per heavy atom. The Balaban J connectivity index is 1.20. The molecule has 2 atom stereocenters. The number of methoxy groups -OCH3 is 1. The number of carbonyl (C=O) groups excluding carboxylic acids is 1. The van der Waals surface area contributed by atoms with Crippen LogP contribution in [-0.2, 0) is 19.3 Å². The highest BCUT2D eigenvalue weighted by Gasteiger charge is 2.45. The Kier molecular flexibility index (Phi) is 7.58. The van der Waals surface area contributed by atoms with Gasteiger partial charge in [-0.3, -0.25) is 9.78 Å². The summed E-state index contributed by atoms with van der Waals surface area (Å²) in [5, 5.41) is 14.0. The number of hydrogen-bond donors (Lipinski definition) is 1. The van der Waals surface area contributed by atoms with Gasteiger partial charge in [0, 0.05) is 40.7 Å². The van der Waals surface area contributed by atoms with E-state index in [2.05, 4.69) is 27.6 Å². The van der Waals surface area contributed by atoms with Crippen molar-refractivity contribution in [3.63, 3.8) is 0 Å². The highest BCUT2D eigenvalue weighted by atomic mass is 35.5. The van der Waals surface area contributed by atoms with Crippen molar-refractivity contribution < 1.29 is 18.3 Å². The number of ether oxygens (including phenoxy) is 1. The number of carbonyl (C=O) groups is 1. The molecule has 0 spiro atoms. The van der Waals surface area contributed by atoms with Gasteiger partial charge in [0.2, 0.25) is 11.8 Å². The van der Waals surface area contributed by atoms with Crippen LogP contribution >= 0.6 is 22.9 Å². The first kappa shape index (κ1) is 31.1. The number of nitrogens with zero attached hydrogens (tertiary/aromatic N) is 5. The van der Waals surface area contributed by atoms with Crippen molar-refractivity contribution in [2.24, 2.45) is 0 Å². The van der Waals surface area contributed by atoms with Crippen LogP contribution in [0.3, 0.4) is 0 Å². The Hall–Kier alpha value is -4.87. The highest BCUT2D eigenvalue weighted by molar-refractivity contribution is 7.23. The van der Waals surface area contributed by atoms with E-state index < -0.39 is 0 Å². The molecule has 1 saturated heterocycles.